The topological polar surface area (TPSA) is 75.6 Å². The first-order valence-electron chi connectivity index (χ1n) is 7.61. The van der Waals surface area contributed by atoms with Gasteiger partial charge < -0.3 is 15.2 Å². The van der Waals surface area contributed by atoms with Crippen molar-refractivity contribution in [3.63, 3.8) is 0 Å². The van der Waals surface area contributed by atoms with Crippen molar-refractivity contribution in [1.29, 1.82) is 0 Å². The van der Waals surface area contributed by atoms with Crippen molar-refractivity contribution in [2.45, 2.75) is 19.4 Å². The third kappa shape index (κ3) is 4.76. The Kier molecular flexibility index (Phi) is 6.05. The molecule has 25 heavy (non-hydrogen) atoms. The molecule has 2 N–H and O–H groups in total. The normalized spacial score (nSPS) is 11.6. The van der Waals surface area contributed by atoms with Crippen LogP contribution in [-0.2, 0) is 4.79 Å². The number of carboxylic acids is 1. The molecule has 2 aromatic carbocycles. The van der Waals surface area contributed by atoms with E-state index in [1.54, 1.807) is 24.3 Å². The molecule has 0 bridgehead atoms. The van der Waals surface area contributed by atoms with Crippen LogP contribution in [0.3, 0.4) is 0 Å². The summed E-state index contributed by atoms with van der Waals surface area (Å²) in [6.45, 7) is 2.30. The second-order valence-corrected chi connectivity index (χ2v) is 5.22. The van der Waals surface area contributed by atoms with Gasteiger partial charge in [-0.1, -0.05) is 18.2 Å². The number of nitrogens with one attached hydrogen (secondary N) is 1. The predicted molar refractivity (Wildman–Crippen MR) is 86.4 cm³/mol. The molecule has 2 aromatic rings. The van der Waals surface area contributed by atoms with E-state index in [4.69, 9.17) is 9.84 Å². The maximum Gasteiger partial charge on any atom is 0.305 e. The molecule has 132 valence electrons. The number of carboxylic acid groups (broad SMARTS) is 1. The lowest BCUT2D eigenvalue weighted by Gasteiger charge is -2.18. The Bertz CT molecular complexity index is 742. The van der Waals surface area contributed by atoms with E-state index in [-0.39, 0.29) is 0 Å². The van der Waals surface area contributed by atoms with Crippen LogP contribution in [0, 0.1) is 11.6 Å². The van der Waals surface area contributed by atoms with E-state index in [0.717, 1.165) is 18.2 Å². The average Bonchev–Trinajstić information content (AvgIpc) is 2.54. The van der Waals surface area contributed by atoms with Gasteiger partial charge in [-0.15, -0.1) is 0 Å². The minimum atomic E-state index is -1.16. The highest BCUT2D eigenvalue weighted by Crippen LogP contribution is 2.22. The number of halogens is 2. The Balaban J connectivity index is 2.25. The van der Waals surface area contributed by atoms with Crippen LogP contribution in [0.4, 0.5) is 8.78 Å². The van der Waals surface area contributed by atoms with Crippen LogP contribution in [-0.4, -0.2) is 23.6 Å². The van der Waals surface area contributed by atoms with E-state index in [1.807, 2.05) is 6.92 Å². The number of ether oxygens (including phenoxy) is 1. The minimum absolute atomic E-state index is 0.435. The van der Waals surface area contributed by atoms with Crippen LogP contribution in [0.2, 0.25) is 0 Å². The summed E-state index contributed by atoms with van der Waals surface area (Å²) in [5.74, 6) is -3.62. The SMILES string of the molecule is CCOc1ccc([C@@H](CC(=O)O)NC(=O)c2c(F)cccc2F)cc1. The summed E-state index contributed by atoms with van der Waals surface area (Å²) in [5.41, 5.74) is -0.264. The fourth-order valence-corrected chi connectivity index (χ4v) is 2.34. The van der Waals surface area contributed by atoms with Crippen molar-refractivity contribution in [1.82, 2.24) is 5.32 Å². The molecule has 0 radical (unpaired) electrons. The van der Waals surface area contributed by atoms with Crippen molar-refractivity contribution >= 4 is 11.9 Å². The number of amides is 1. The molecular formula is C18H17F2NO4. The zero-order valence-electron chi connectivity index (χ0n) is 13.5. The third-order valence-corrected chi connectivity index (χ3v) is 3.47. The minimum Gasteiger partial charge on any atom is -0.494 e. The number of hydrogen-bond donors (Lipinski definition) is 2. The molecule has 0 saturated heterocycles. The van der Waals surface area contributed by atoms with Gasteiger partial charge in [0.05, 0.1) is 19.1 Å². The summed E-state index contributed by atoms with van der Waals surface area (Å²) < 4.78 is 32.7. The van der Waals surface area contributed by atoms with Crippen molar-refractivity contribution in [2.24, 2.45) is 0 Å². The average molecular weight is 349 g/mol. The summed E-state index contributed by atoms with van der Waals surface area (Å²) in [6.07, 6.45) is -0.435. The zero-order chi connectivity index (χ0) is 18.4. The highest BCUT2D eigenvalue weighted by molar-refractivity contribution is 5.95. The van der Waals surface area contributed by atoms with Crippen LogP contribution in [0.25, 0.3) is 0 Å². The van der Waals surface area contributed by atoms with Gasteiger partial charge in [0.15, 0.2) is 0 Å². The molecule has 7 heteroatoms. The Morgan fingerprint density at radius 1 is 1.12 bits per heavy atom. The molecule has 0 aliphatic rings. The summed E-state index contributed by atoms with van der Waals surface area (Å²) in [4.78, 5) is 23.3. The van der Waals surface area contributed by atoms with Crippen molar-refractivity contribution < 1.29 is 28.2 Å². The molecule has 5 nitrogen and oxygen atoms in total. The summed E-state index contributed by atoms with van der Waals surface area (Å²) in [7, 11) is 0. The zero-order valence-corrected chi connectivity index (χ0v) is 13.5. The third-order valence-electron chi connectivity index (χ3n) is 3.47. The van der Waals surface area contributed by atoms with Gasteiger partial charge in [-0.05, 0) is 36.8 Å². The summed E-state index contributed by atoms with van der Waals surface area (Å²) in [6, 6.07) is 8.56. The van der Waals surface area contributed by atoms with Gasteiger partial charge in [0, 0.05) is 0 Å². The van der Waals surface area contributed by atoms with Gasteiger partial charge in [0.2, 0.25) is 0 Å². The monoisotopic (exact) mass is 349 g/mol. The van der Waals surface area contributed by atoms with E-state index >= 15 is 0 Å². The molecule has 1 atom stereocenters. The molecule has 2 rings (SSSR count). The molecule has 0 aliphatic carbocycles. The van der Waals surface area contributed by atoms with Gasteiger partial charge in [0.25, 0.3) is 5.91 Å². The Labute approximate surface area is 143 Å². The molecule has 0 unspecified atom stereocenters. The van der Waals surface area contributed by atoms with E-state index in [1.165, 1.54) is 0 Å². The number of hydrogen-bond acceptors (Lipinski definition) is 3. The lowest BCUT2D eigenvalue weighted by molar-refractivity contribution is -0.137. The van der Waals surface area contributed by atoms with Gasteiger partial charge in [-0.2, -0.15) is 0 Å². The maximum absolute atomic E-state index is 13.7. The van der Waals surface area contributed by atoms with Crippen LogP contribution < -0.4 is 10.1 Å². The number of carbonyl (C=O) groups is 2. The maximum atomic E-state index is 13.7. The molecular weight excluding hydrogens is 332 g/mol. The lowest BCUT2D eigenvalue weighted by Crippen LogP contribution is -2.31. The molecule has 0 aromatic heterocycles. The van der Waals surface area contributed by atoms with Crippen molar-refractivity contribution in [3.05, 3.63) is 65.2 Å². The second kappa shape index (κ2) is 8.23. The number of aliphatic carboxylic acids is 1. The van der Waals surface area contributed by atoms with Crippen molar-refractivity contribution in [3.8, 4) is 5.75 Å². The first kappa shape index (κ1) is 18.4. The van der Waals surface area contributed by atoms with Gasteiger partial charge >= 0.3 is 5.97 Å². The van der Waals surface area contributed by atoms with Gasteiger partial charge in [0.1, 0.15) is 22.9 Å². The highest BCUT2D eigenvalue weighted by Gasteiger charge is 2.23. The fourth-order valence-electron chi connectivity index (χ4n) is 2.34. The fraction of sp³-hybridized carbons (Fsp3) is 0.222. The summed E-state index contributed by atoms with van der Waals surface area (Å²) in [5, 5.41) is 11.4. The van der Waals surface area contributed by atoms with Crippen LogP contribution in [0.1, 0.15) is 35.3 Å². The number of carbonyl (C=O) groups excluding carboxylic acids is 1. The van der Waals surface area contributed by atoms with E-state index in [0.29, 0.717) is 17.9 Å². The Morgan fingerprint density at radius 2 is 1.72 bits per heavy atom. The van der Waals surface area contributed by atoms with Crippen LogP contribution in [0.5, 0.6) is 5.75 Å². The molecule has 0 aliphatic heterocycles. The molecule has 1 amide bonds. The van der Waals surface area contributed by atoms with E-state index in [2.05, 4.69) is 5.32 Å². The van der Waals surface area contributed by atoms with Crippen LogP contribution >= 0.6 is 0 Å². The number of rotatable bonds is 7. The van der Waals surface area contributed by atoms with Gasteiger partial charge in [-0.3, -0.25) is 9.59 Å². The first-order valence-corrected chi connectivity index (χ1v) is 7.61. The Hall–Kier alpha value is -2.96. The molecule has 0 saturated carbocycles. The molecule has 0 heterocycles. The standard InChI is InChI=1S/C18H17F2NO4/c1-2-25-12-8-6-11(7-9-12)15(10-16(22)23)21-18(24)17-13(19)4-3-5-14(17)20/h3-9,15H,2,10H2,1H3,(H,21,24)(H,22,23)/t15-/m1/s1. The quantitative estimate of drug-likeness (QED) is 0.804. The largest absolute Gasteiger partial charge is 0.494 e. The lowest BCUT2D eigenvalue weighted by atomic mass is 10.0. The number of benzene rings is 2. The van der Waals surface area contributed by atoms with Crippen LogP contribution in [0.15, 0.2) is 42.5 Å². The smallest absolute Gasteiger partial charge is 0.305 e. The van der Waals surface area contributed by atoms with E-state index < -0.39 is 41.5 Å². The Morgan fingerprint density at radius 3 is 2.24 bits per heavy atom. The molecule has 0 fully saturated rings. The molecule has 0 spiro atoms. The van der Waals surface area contributed by atoms with Crippen molar-refractivity contribution in [2.75, 3.05) is 6.61 Å². The predicted octanol–water partition coefficient (Wildman–Crippen LogP) is 3.31. The second-order valence-electron chi connectivity index (χ2n) is 5.22. The first-order chi connectivity index (χ1) is 11.9. The summed E-state index contributed by atoms with van der Waals surface area (Å²) >= 11 is 0. The van der Waals surface area contributed by atoms with E-state index in [9.17, 15) is 18.4 Å². The van der Waals surface area contributed by atoms with Gasteiger partial charge in [-0.25, -0.2) is 8.78 Å². The highest BCUT2D eigenvalue weighted by atomic mass is 19.1.